The number of hydrogen-bond acceptors (Lipinski definition) is 5. The Bertz CT molecular complexity index is 292. The first kappa shape index (κ1) is 14.3. The molecular formula is C8H14N2O6. The van der Waals surface area contributed by atoms with Gasteiger partial charge in [-0.05, 0) is 12.8 Å². The minimum atomic E-state index is -1.57. The van der Waals surface area contributed by atoms with Crippen LogP contribution in [-0.4, -0.2) is 45.3 Å². The summed E-state index contributed by atoms with van der Waals surface area (Å²) >= 11 is 0. The maximum Gasteiger partial charge on any atom is 0.321 e. The molecule has 0 radical (unpaired) electrons. The second kappa shape index (κ2) is 6.03. The molecule has 0 fully saturated rings. The fourth-order valence-electron chi connectivity index (χ4n) is 1.11. The average Bonchev–Trinajstić information content (AvgIpc) is 2.16. The van der Waals surface area contributed by atoms with Crippen molar-refractivity contribution < 1.29 is 29.7 Å². The molecule has 0 saturated carbocycles. The summed E-state index contributed by atoms with van der Waals surface area (Å²) in [6, 6.07) is -2.79. The molecule has 0 amide bonds. The molecule has 0 aliphatic rings. The third kappa shape index (κ3) is 4.24. The summed E-state index contributed by atoms with van der Waals surface area (Å²) in [7, 11) is 0. The lowest BCUT2D eigenvalue weighted by Crippen LogP contribution is -2.43. The van der Waals surface area contributed by atoms with Crippen molar-refractivity contribution in [1.82, 2.24) is 0 Å². The molecule has 3 atom stereocenters. The SMILES string of the molecule is NC(C(=O)O)C(CC[C@H](N)C(=O)O)C(=O)O. The van der Waals surface area contributed by atoms with Gasteiger partial charge in [-0.15, -0.1) is 0 Å². The topological polar surface area (TPSA) is 164 Å². The van der Waals surface area contributed by atoms with E-state index in [1.54, 1.807) is 0 Å². The van der Waals surface area contributed by atoms with Crippen molar-refractivity contribution in [2.24, 2.45) is 17.4 Å². The lowest BCUT2D eigenvalue weighted by atomic mass is 9.93. The van der Waals surface area contributed by atoms with Crippen LogP contribution in [0.5, 0.6) is 0 Å². The first-order chi connectivity index (χ1) is 7.27. The van der Waals surface area contributed by atoms with Crippen molar-refractivity contribution in [3.8, 4) is 0 Å². The quantitative estimate of drug-likeness (QED) is 0.347. The Morgan fingerprint density at radius 1 is 0.875 bits per heavy atom. The molecule has 2 unspecified atom stereocenters. The monoisotopic (exact) mass is 234 g/mol. The van der Waals surface area contributed by atoms with E-state index in [4.69, 9.17) is 26.8 Å². The number of rotatable bonds is 7. The highest BCUT2D eigenvalue weighted by molar-refractivity contribution is 5.82. The molecule has 0 heterocycles. The smallest absolute Gasteiger partial charge is 0.321 e. The van der Waals surface area contributed by atoms with Gasteiger partial charge in [0.2, 0.25) is 0 Å². The lowest BCUT2D eigenvalue weighted by molar-refractivity contribution is -0.150. The fourth-order valence-corrected chi connectivity index (χ4v) is 1.11. The van der Waals surface area contributed by atoms with E-state index in [0.717, 1.165) is 0 Å². The Hall–Kier alpha value is -1.67. The van der Waals surface area contributed by atoms with Crippen LogP contribution in [0.1, 0.15) is 12.8 Å². The summed E-state index contributed by atoms with van der Waals surface area (Å²) in [6.45, 7) is 0. The van der Waals surface area contributed by atoms with Crippen LogP contribution in [0.4, 0.5) is 0 Å². The van der Waals surface area contributed by atoms with Gasteiger partial charge in [0.25, 0.3) is 0 Å². The molecule has 0 rings (SSSR count). The molecule has 0 aliphatic carbocycles. The van der Waals surface area contributed by atoms with E-state index < -0.39 is 35.9 Å². The summed E-state index contributed by atoms with van der Waals surface area (Å²) in [4.78, 5) is 31.5. The zero-order valence-electron chi connectivity index (χ0n) is 8.37. The minimum Gasteiger partial charge on any atom is -0.481 e. The van der Waals surface area contributed by atoms with E-state index in [-0.39, 0.29) is 12.8 Å². The number of carbonyl (C=O) groups is 3. The zero-order chi connectivity index (χ0) is 12.9. The maximum atomic E-state index is 10.7. The van der Waals surface area contributed by atoms with Crippen LogP contribution in [0.15, 0.2) is 0 Å². The van der Waals surface area contributed by atoms with Gasteiger partial charge >= 0.3 is 17.9 Å². The summed E-state index contributed by atoms with van der Waals surface area (Å²) in [5, 5.41) is 25.7. The summed E-state index contributed by atoms with van der Waals surface area (Å²) in [5.74, 6) is -5.44. The van der Waals surface area contributed by atoms with Gasteiger partial charge in [0, 0.05) is 0 Å². The average molecular weight is 234 g/mol. The van der Waals surface area contributed by atoms with Gasteiger partial charge in [-0.25, -0.2) is 0 Å². The normalized spacial score (nSPS) is 16.1. The Balaban J connectivity index is 4.42. The molecule has 8 nitrogen and oxygen atoms in total. The fraction of sp³-hybridized carbons (Fsp3) is 0.625. The van der Waals surface area contributed by atoms with Crippen molar-refractivity contribution in [2.75, 3.05) is 0 Å². The van der Waals surface area contributed by atoms with E-state index in [2.05, 4.69) is 0 Å². The predicted molar refractivity (Wildman–Crippen MR) is 51.6 cm³/mol. The van der Waals surface area contributed by atoms with Crippen LogP contribution in [0, 0.1) is 5.92 Å². The predicted octanol–water partition coefficient (Wildman–Crippen LogP) is -1.71. The van der Waals surface area contributed by atoms with Crippen LogP contribution in [0.25, 0.3) is 0 Å². The number of carboxylic acids is 3. The molecule has 92 valence electrons. The lowest BCUT2D eigenvalue weighted by Gasteiger charge is -2.17. The molecule has 0 saturated heterocycles. The molecule has 8 heteroatoms. The van der Waals surface area contributed by atoms with Gasteiger partial charge in [0.05, 0.1) is 5.92 Å². The van der Waals surface area contributed by atoms with Gasteiger partial charge in [-0.3, -0.25) is 14.4 Å². The highest BCUT2D eigenvalue weighted by atomic mass is 16.4. The van der Waals surface area contributed by atoms with Gasteiger partial charge in [0.1, 0.15) is 12.1 Å². The molecular weight excluding hydrogens is 220 g/mol. The van der Waals surface area contributed by atoms with Crippen molar-refractivity contribution in [2.45, 2.75) is 24.9 Å². The second-order valence-electron chi connectivity index (χ2n) is 3.33. The summed E-state index contributed by atoms with van der Waals surface area (Å²) in [5.41, 5.74) is 10.3. The van der Waals surface area contributed by atoms with E-state index in [0.29, 0.717) is 0 Å². The Morgan fingerprint density at radius 2 is 1.38 bits per heavy atom. The van der Waals surface area contributed by atoms with E-state index in [1.807, 2.05) is 0 Å². The van der Waals surface area contributed by atoms with E-state index >= 15 is 0 Å². The van der Waals surface area contributed by atoms with Gasteiger partial charge in [0.15, 0.2) is 0 Å². The Kier molecular flexibility index (Phi) is 5.40. The van der Waals surface area contributed by atoms with Gasteiger partial charge in [-0.2, -0.15) is 0 Å². The molecule has 0 aromatic carbocycles. The minimum absolute atomic E-state index is 0.146. The van der Waals surface area contributed by atoms with E-state index in [9.17, 15) is 14.4 Å². The van der Waals surface area contributed by atoms with Gasteiger partial charge < -0.3 is 26.8 Å². The van der Waals surface area contributed by atoms with Crippen LogP contribution in [-0.2, 0) is 14.4 Å². The molecule has 0 aromatic heterocycles. The van der Waals surface area contributed by atoms with Crippen LogP contribution >= 0.6 is 0 Å². The highest BCUT2D eigenvalue weighted by Crippen LogP contribution is 2.12. The van der Waals surface area contributed by atoms with Crippen LogP contribution < -0.4 is 11.5 Å². The molecule has 0 bridgehead atoms. The molecule has 0 aliphatic heterocycles. The summed E-state index contributed by atoms with van der Waals surface area (Å²) < 4.78 is 0. The second-order valence-corrected chi connectivity index (χ2v) is 3.33. The number of hydrogen-bond donors (Lipinski definition) is 5. The number of aliphatic carboxylic acids is 3. The van der Waals surface area contributed by atoms with E-state index in [1.165, 1.54) is 0 Å². The van der Waals surface area contributed by atoms with Crippen molar-refractivity contribution in [1.29, 1.82) is 0 Å². The molecule has 0 spiro atoms. The van der Waals surface area contributed by atoms with Crippen molar-refractivity contribution >= 4 is 17.9 Å². The number of carboxylic acid groups (broad SMARTS) is 3. The number of nitrogens with two attached hydrogens (primary N) is 2. The zero-order valence-corrected chi connectivity index (χ0v) is 8.37. The van der Waals surface area contributed by atoms with Crippen molar-refractivity contribution in [3.05, 3.63) is 0 Å². The summed E-state index contributed by atoms with van der Waals surface area (Å²) in [6.07, 6.45) is -0.344. The first-order valence-electron chi connectivity index (χ1n) is 4.47. The molecule has 7 N–H and O–H groups in total. The highest BCUT2D eigenvalue weighted by Gasteiger charge is 2.31. The Labute approximate surface area is 90.8 Å². The largest absolute Gasteiger partial charge is 0.481 e. The first-order valence-corrected chi connectivity index (χ1v) is 4.47. The standard InChI is InChI=1S/C8H14N2O6/c9-4(7(13)14)2-1-3(6(11)12)5(10)8(15)16/h3-5H,1-2,9-10H2,(H,11,12)(H,13,14)(H,15,16)/t3?,4-,5?/m0/s1. The van der Waals surface area contributed by atoms with Gasteiger partial charge in [-0.1, -0.05) is 0 Å². The molecule has 16 heavy (non-hydrogen) atoms. The molecule has 0 aromatic rings. The van der Waals surface area contributed by atoms with Crippen LogP contribution in [0.2, 0.25) is 0 Å². The Morgan fingerprint density at radius 3 is 1.69 bits per heavy atom. The third-order valence-electron chi connectivity index (χ3n) is 2.14. The van der Waals surface area contributed by atoms with Crippen LogP contribution in [0.3, 0.4) is 0 Å². The van der Waals surface area contributed by atoms with Crippen molar-refractivity contribution in [3.63, 3.8) is 0 Å². The third-order valence-corrected chi connectivity index (χ3v) is 2.14. The maximum absolute atomic E-state index is 10.7.